The van der Waals surface area contributed by atoms with Gasteiger partial charge in [0.05, 0.1) is 32.0 Å². The van der Waals surface area contributed by atoms with Crippen LogP contribution in [0.4, 0.5) is 0 Å². The van der Waals surface area contributed by atoms with Gasteiger partial charge in [-0.3, -0.25) is 9.78 Å². The zero-order chi connectivity index (χ0) is 15.4. The van der Waals surface area contributed by atoms with E-state index in [-0.39, 0.29) is 18.1 Å². The van der Waals surface area contributed by atoms with E-state index in [1.807, 2.05) is 17.0 Å². The molecule has 0 spiro atoms. The molecule has 1 aromatic rings. The van der Waals surface area contributed by atoms with Crippen molar-refractivity contribution in [2.24, 2.45) is 5.92 Å². The Morgan fingerprint density at radius 2 is 2.41 bits per heavy atom. The molecule has 1 aromatic heterocycles. The van der Waals surface area contributed by atoms with Gasteiger partial charge in [0.25, 0.3) is 5.91 Å². The molecule has 1 aliphatic heterocycles. The van der Waals surface area contributed by atoms with E-state index in [2.05, 4.69) is 11.6 Å². The van der Waals surface area contributed by atoms with Crippen LogP contribution in [0.15, 0.2) is 37.1 Å². The minimum Gasteiger partial charge on any atom is -0.377 e. The molecule has 22 heavy (non-hydrogen) atoms. The van der Waals surface area contributed by atoms with Gasteiger partial charge in [-0.25, -0.2) is 0 Å². The number of rotatable bonds is 5. The van der Waals surface area contributed by atoms with Crippen LogP contribution in [0, 0.1) is 5.92 Å². The Labute approximate surface area is 130 Å². The Morgan fingerprint density at radius 1 is 1.50 bits per heavy atom. The molecule has 118 valence electrons. The topological polar surface area (TPSA) is 51.7 Å². The molecule has 0 N–H and O–H groups in total. The maximum Gasteiger partial charge on any atom is 0.272 e. The maximum absolute atomic E-state index is 12.7. The minimum atomic E-state index is 0.00607. The number of carbonyl (C=O) groups is 1. The van der Waals surface area contributed by atoms with Gasteiger partial charge in [-0.2, -0.15) is 0 Å². The number of fused-ring (bicyclic) bond motifs is 1. The number of aromatic nitrogens is 1. The Morgan fingerprint density at radius 3 is 3.18 bits per heavy atom. The Bertz CT molecular complexity index is 520. The highest BCUT2D eigenvalue weighted by Gasteiger charge is 2.44. The van der Waals surface area contributed by atoms with Crippen LogP contribution in [-0.4, -0.2) is 54.3 Å². The lowest BCUT2D eigenvalue weighted by molar-refractivity contribution is -0.0739. The van der Waals surface area contributed by atoms with Crippen molar-refractivity contribution in [2.75, 3.05) is 26.4 Å². The van der Waals surface area contributed by atoms with Gasteiger partial charge in [-0.05, 0) is 25.0 Å². The van der Waals surface area contributed by atoms with Crippen molar-refractivity contribution >= 4 is 5.91 Å². The highest BCUT2D eigenvalue weighted by molar-refractivity contribution is 5.92. The zero-order valence-corrected chi connectivity index (χ0v) is 12.7. The Kier molecular flexibility index (Phi) is 4.85. The number of hydrogen-bond donors (Lipinski definition) is 0. The van der Waals surface area contributed by atoms with Crippen LogP contribution in [0.3, 0.4) is 0 Å². The van der Waals surface area contributed by atoms with Crippen LogP contribution in [0.1, 0.15) is 23.3 Å². The predicted molar refractivity (Wildman–Crippen MR) is 82.5 cm³/mol. The Hall–Kier alpha value is -1.72. The van der Waals surface area contributed by atoms with E-state index >= 15 is 0 Å². The summed E-state index contributed by atoms with van der Waals surface area (Å²) in [5, 5.41) is 0. The lowest BCUT2D eigenvalue weighted by atomic mass is 10.0. The molecule has 1 aliphatic carbocycles. The number of hydrogen-bond acceptors (Lipinski definition) is 4. The summed E-state index contributed by atoms with van der Waals surface area (Å²) in [5.41, 5.74) is 0.509. The van der Waals surface area contributed by atoms with Crippen LogP contribution in [0.5, 0.6) is 0 Å². The molecule has 0 bridgehead atoms. The molecule has 1 unspecified atom stereocenters. The minimum absolute atomic E-state index is 0.00607. The third-order valence-electron chi connectivity index (χ3n) is 4.43. The normalized spacial score (nSPS) is 27.5. The number of carbonyl (C=O) groups excluding carboxylic acids is 1. The molecule has 5 nitrogen and oxygen atoms in total. The summed E-state index contributed by atoms with van der Waals surface area (Å²) < 4.78 is 11.5. The SMILES string of the molecule is C=CCOCC1CC[C@@H]2[C@@H]1OCCN2C(=O)c1ccccn1. The monoisotopic (exact) mass is 302 g/mol. The van der Waals surface area contributed by atoms with Gasteiger partial charge >= 0.3 is 0 Å². The van der Waals surface area contributed by atoms with Crippen molar-refractivity contribution in [3.63, 3.8) is 0 Å². The summed E-state index contributed by atoms with van der Waals surface area (Å²) in [4.78, 5) is 18.8. The second kappa shape index (κ2) is 7.03. The molecule has 0 aromatic carbocycles. The summed E-state index contributed by atoms with van der Waals surface area (Å²) >= 11 is 0. The fourth-order valence-electron chi connectivity index (χ4n) is 3.43. The summed E-state index contributed by atoms with van der Waals surface area (Å²) in [7, 11) is 0. The van der Waals surface area contributed by atoms with E-state index in [0.29, 0.717) is 38.0 Å². The second-order valence-electron chi connectivity index (χ2n) is 5.78. The maximum atomic E-state index is 12.7. The van der Waals surface area contributed by atoms with Crippen molar-refractivity contribution in [1.82, 2.24) is 9.88 Å². The van der Waals surface area contributed by atoms with Crippen LogP contribution < -0.4 is 0 Å². The van der Waals surface area contributed by atoms with Gasteiger partial charge in [0.2, 0.25) is 0 Å². The highest BCUT2D eigenvalue weighted by Crippen LogP contribution is 2.35. The number of amides is 1. The molecule has 3 rings (SSSR count). The van der Waals surface area contributed by atoms with E-state index in [1.54, 1.807) is 18.3 Å². The first kappa shape index (κ1) is 15.2. The molecule has 2 fully saturated rings. The van der Waals surface area contributed by atoms with Crippen LogP contribution in [0.25, 0.3) is 0 Å². The van der Waals surface area contributed by atoms with Gasteiger partial charge in [0.15, 0.2) is 0 Å². The smallest absolute Gasteiger partial charge is 0.272 e. The third-order valence-corrected chi connectivity index (χ3v) is 4.43. The van der Waals surface area contributed by atoms with Crippen LogP contribution in [-0.2, 0) is 9.47 Å². The van der Waals surface area contributed by atoms with Crippen LogP contribution in [0.2, 0.25) is 0 Å². The summed E-state index contributed by atoms with van der Waals surface area (Å²) in [5.74, 6) is 0.357. The fraction of sp³-hybridized carbons (Fsp3) is 0.529. The molecule has 5 heteroatoms. The standard InChI is InChI=1S/C17H22N2O3/c1-2-10-21-12-13-6-7-15-16(13)22-11-9-19(15)17(20)14-5-3-4-8-18-14/h2-5,8,13,15-16H,1,6-7,9-12H2/t13?,15-,16-/m1/s1. The van der Waals surface area contributed by atoms with E-state index in [9.17, 15) is 4.79 Å². The first-order valence-electron chi connectivity index (χ1n) is 7.83. The molecule has 0 radical (unpaired) electrons. The number of morpholine rings is 1. The number of ether oxygens (including phenoxy) is 2. The van der Waals surface area contributed by atoms with Gasteiger partial charge in [0.1, 0.15) is 5.69 Å². The van der Waals surface area contributed by atoms with Crippen molar-refractivity contribution < 1.29 is 14.3 Å². The predicted octanol–water partition coefficient (Wildman–Crippen LogP) is 1.90. The molecular formula is C17H22N2O3. The molecule has 3 atom stereocenters. The fourth-order valence-corrected chi connectivity index (χ4v) is 3.43. The molecule has 1 saturated carbocycles. The summed E-state index contributed by atoms with van der Waals surface area (Å²) in [6.07, 6.45) is 5.48. The zero-order valence-electron chi connectivity index (χ0n) is 12.7. The third kappa shape index (κ3) is 3.05. The quantitative estimate of drug-likeness (QED) is 0.616. The summed E-state index contributed by atoms with van der Waals surface area (Å²) in [6, 6.07) is 5.58. The highest BCUT2D eigenvalue weighted by atomic mass is 16.5. The Balaban J connectivity index is 1.67. The molecular weight excluding hydrogens is 280 g/mol. The van der Waals surface area contributed by atoms with Gasteiger partial charge in [0, 0.05) is 18.7 Å². The average molecular weight is 302 g/mol. The molecule has 1 saturated heterocycles. The largest absolute Gasteiger partial charge is 0.377 e. The van der Waals surface area contributed by atoms with E-state index < -0.39 is 0 Å². The van der Waals surface area contributed by atoms with E-state index in [4.69, 9.17) is 9.47 Å². The van der Waals surface area contributed by atoms with Gasteiger partial charge in [-0.15, -0.1) is 6.58 Å². The van der Waals surface area contributed by atoms with Gasteiger partial charge in [-0.1, -0.05) is 12.1 Å². The number of pyridine rings is 1. The first-order valence-corrected chi connectivity index (χ1v) is 7.83. The summed E-state index contributed by atoms with van der Waals surface area (Å²) in [6.45, 7) is 6.10. The average Bonchev–Trinajstić information content (AvgIpc) is 2.98. The van der Waals surface area contributed by atoms with E-state index in [1.165, 1.54) is 0 Å². The second-order valence-corrected chi connectivity index (χ2v) is 5.78. The van der Waals surface area contributed by atoms with Crippen molar-refractivity contribution in [3.8, 4) is 0 Å². The van der Waals surface area contributed by atoms with Crippen LogP contribution >= 0.6 is 0 Å². The van der Waals surface area contributed by atoms with Crippen molar-refractivity contribution in [1.29, 1.82) is 0 Å². The van der Waals surface area contributed by atoms with Crippen molar-refractivity contribution in [3.05, 3.63) is 42.7 Å². The molecule has 2 aliphatic rings. The number of nitrogens with zero attached hydrogens (tertiary/aromatic N) is 2. The lowest BCUT2D eigenvalue weighted by Gasteiger charge is -2.39. The first-order chi connectivity index (χ1) is 10.8. The van der Waals surface area contributed by atoms with Crippen molar-refractivity contribution in [2.45, 2.75) is 25.0 Å². The van der Waals surface area contributed by atoms with E-state index in [0.717, 1.165) is 12.8 Å². The molecule has 1 amide bonds. The lowest BCUT2D eigenvalue weighted by Crippen LogP contribution is -2.53. The molecule has 2 heterocycles. The van der Waals surface area contributed by atoms with Gasteiger partial charge < -0.3 is 14.4 Å².